The molecule has 0 bridgehead atoms. The second-order valence-corrected chi connectivity index (χ2v) is 6.25. The van der Waals surface area contributed by atoms with Gasteiger partial charge in [0, 0.05) is 0 Å². The van der Waals surface area contributed by atoms with Gasteiger partial charge in [0.1, 0.15) is 5.25 Å². The molecule has 0 aliphatic heterocycles. The van der Waals surface area contributed by atoms with Gasteiger partial charge in [-0.1, -0.05) is 52.4 Å². The van der Waals surface area contributed by atoms with Gasteiger partial charge in [0.2, 0.25) is 0 Å². The van der Waals surface area contributed by atoms with Crippen LogP contribution in [0.1, 0.15) is 65.2 Å². The van der Waals surface area contributed by atoms with Crippen molar-refractivity contribution < 1.29 is 18.1 Å². The molecule has 0 saturated carbocycles. The SMILES string of the molecule is CCCCCCCC(C(O)CCC)S(=O)(=O)O. The number of rotatable bonds is 10. The molecule has 4 nitrogen and oxygen atoms in total. The van der Waals surface area contributed by atoms with E-state index in [1.54, 1.807) is 0 Å². The van der Waals surface area contributed by atoms with E-state index in [0.29, 0.717) is 19.3 Å². The summed E-state index contributed by atoms with van der Waals surface area (Å²) in [4.78, 5) is 0. The molecular weight excluding hydrogens is 240 g/mol. The van der Waals surface area contributed by atoms with Gasteiger partial charge >= 0.3 is 0 Å². The molecule has 2 N–H and O–H groups in total. The summed E-state index contributed by atoms with van der Waals surface area (Å²) in [6.45, 7) is 4.00. The van der Waals surface area contributed by atoms with Gasteiger partial charge in [0.15, 0.2) is 0 Å². The highest BCUT2D eigenvalue weighted by Crippen LogP contribution is 2.18. The van der Waals surface area contributed by atoms with Crippen LogP contribution in [0.2, 0.25) is 0 Å². The molecule has 0 aromatic heterocycles. The molecule has 0 aromatic rings. The van der Waals surface area contributed by atoms with Crippen LogP contribution in [0.25, 0.3) is 0 Å². The molecule has 17 heavy (non-hydrogen) atoms. The third-order valence-electron chi connectivity index (χ3n) is 2.99. The van der Waals surface area contributed by atoms with Crippen molar-refractivity contribution >= 4 is 10.1 Å². The third-order valence-corrected chi connectivity index (χ3v) is 4.30. The fourth-order valence-electron chi connectivity index (χ4n) is 1.97. The summed E-state index contributed by atoms with van der Waals surface area (Å²) in [6.07, 6.45) is 5.60. The largest absolute Gasteiger partial charge is 0.392 e. The van der Waals surface area contributed by atoms with E-state index in [0.717, 1.165) is 32.1 Å². The van der Waals surface area contributed by atoms with Crippen molar-refractivity contribution in [2.24, 2.45) is 0 Å². The van der Waals surface area contributed by atoms with Crippen molar-refractivity contribution in [2.75, 3.05) is 0 Å². The average Bonchev–Trinajstić information content (AvgIpc) is 2.21. The van der Waals surface area contributed by atoms with Crippen LogP contribution < -0.4 is 0 Å². The molecule has 5 heteroatoms. The Morgan fingerprint density at radius 2 is 1.53 bits per heavy atom. The summed E-state index contributed by atoms with van der Waals surface area (Å²) < 4.78 is 31.4. The van der Waals surface area contributed by atoms with E-state index in [1.165, 1.54) is 0 Å². The molecule has 104 valence electrons. The van der Waals surface area contributed by atoms with Crippen LogP contribution in [0.3, 0.4) is 0 Å². The minimum Gasteiger partial charge on any atom is -0.392 e. The van der Waals surface area contributed by atoms with Crippen molar-refractivity contribution in [2.45, 2.75) is 76.6 Å². The Morgan fingerprint density at radius 3 is 2.00 bits per heavy atom. The normalized spacial score (nSPS) is 15.8. The third kappa shape index (κ3) is 7.73. The van der Waals surface area contributed by atoms with Crippen molar-refractivity contribution in [1.82, 2.24) is 0 Å². The van der Waals surface area contributed by atoms with Crippen LogP contribution >= 0.6 is 0 Å². The fourth-order valence-corrected chi connectivity index (χ4v) is 2.97. The maximum atomic E-state index is 11.2. The lowest BCUT2D eigenvalue weighted by Gasteiger charge is -2.19. The van der Waals surface area contributed by atoms with E-state index < -0.39 is 21.5 Å². The highest BCUT2D eigenvalue weighted by molar-refractivity contribution is 7.86. The second-order valence-electron chi connectivity index (χ2n) is 4.61. The van der Waals surface area contributed by atoms with Gasteiger partial charge in [-0.25, -0.2) is 0 Å². The van der Waals surface area contributed by atoms with Gasteiger partial charge < -0.3 is 5.11 Å². The van der Waals surface area contributed by atoms with Gasteiger partial charge in [0.05, 0.1) is 6.10 Å². The maximum absolute atomic E-state index is 11.2. The van der Waals surface area contributed by atoms with Crippen LogP contribution in [0.15, 0.2) is 0 Å². The summed E-state index contributed by atoms with van der Waals surface area (Å²) in [6, 6.07) is 0. The van der Waals surface area contributed by atoms with Crippen molar-refractivity contribution in [3.63, 3.8) is 0 Å². The predicted octanol–water partition coefficient (Wildman–Crippen LogP) is 2.76. The van der Waals surface area contributed by atoms with Gasteiger partial charge in [-0.05, 0) is 12.8 Å². The lowest BCUT2D eigenvalue weighted by Crippen LogP contribution is -2.33. The first-order valence-electron chi connectivity index (χ1n) is 6.57. The Morgan fingerprint density at radius 1 is 0.941 bits per heavy atom. The van der Waals surface area contributed by atoms with Gasteiger partial charge in [-0.15, -0.1) is 0 Å². The van der Waals surface area contributed by atoms with E-state index in [2.05, 4.69) is 6.92 Å². The van der Waals surface area contributed by atoms with Crippen molar-refractivity contribution in [1.29, 1.82) is 0 Å². The number of aliphatic hydroxyl groups excluding tert-OH is 1. The molecule has 0 heterocycles. The molecule has 0 aliphatic rings. The summed E-state index contributed by atoms with van der Waals surface area (Å²) in [5, 5.41) is 8.70. The van der Waals surface area contributed by atoms with E-state index in [9.17, 15) is 13.5 Å². The number of hydrogen-bond acceptors (Lipinski definition) is 3. The Labute approximate surface area is 105 Å². The van der Waals surface area contributed by atoms with Crippen LogP contribution in [-0.2, 0) is 10.1 Å². The molecule has 0 amide bonds. The number of hydrogen-bond donors (Lipinski definition) is 2. The molecule has 0 aliphatic carbocycles. The minimum atomic E-state index is -4.13. The first-order valence-corrected chi connectivity index (χ1v) is 8.08. The molecule has 0 saturated heterocycles. The van der Waals surface area contributed by atoms with Crippen LogP contribution in [0, 0.1) is 0 Å². The summed E-state index contributed by atoms with van der Waals surface area (Å²) >= 11 is 0. The van der Waals surface area contributed by atoms with Crippen LogP contribution in [0.4, 0.5) is 0 Å². The molecular formula is C12H26O4S. The second kappa shape index (κ2) is 8.89. The molecule has 0 spiro atoms. The first kappa shape index (κ1) is 16.9. The lowest BCUT2D eigenvalue weighted by molar-refractivity contribution is 0.149. The standard InChI is InChI=1S/C12H26O4S/c1-3-5-6-7-8-10-12(17(14,15)16)11(13)9-4-2/h11-13H,3-10H2,1-2H3,(H,14,15,16). The van der Waals surface area contributed by atoms with E-state index in [-0.39, 0.29) is 0 Å². The molecule has 0 rings (SSSR count). The number of unbranched alkanes of at least 4 members (excludes halogenated alkanes) is 4. The van der Waals surface area contributed by atoms with E-state index in [1.807, 2.05) is 6.92 Å². The van der Waals surface area contributed by atoms with Gasteiger partial charge in [-0.3, -0.25) is 4.55 Å². The van der Waals surface area contributed by atoms with Crippen LogP contribution in [-0.4, -0.2) is 29.4 Å². The summed E-state index contributed by atoms with van der Waals surface area (Å²) in [7, 11) is -4.13. The molecule has 2 unspecified atom stereocenters. The lowest BCUT2D eigenvalue weighted by atomic mass is 10.0. The average molecular weight is 266 g/mol. The zero-order valence-corrected chi connectivity index (χ0v) is 11.7. The Balaban J connectivity index is 4.13. The highest BCUT2D eigenvalue weighted by Gasteiger charge is 2.29. The maximum Gasteiger partial charge on any atom is 0.270 e. The van der Waals surface area contributed by atoms with E-state index >= 15 is 0 Å². The Hall–Kier alpha value is -0.130. The first-order chi connectivity index (χ1) is 7.93. The van der Waals surface area contributed by atoms with Gasteiger partial charge in [0.25, 0.3) is 10.1 Å². The molecule has 0 radical (unpaired) electrons. The molecule has 0 fully saturated rings. The van der Waals surface area contributed by atoms with Crippen molar-refractivity contribution in [3.05, 3.63) is 0 Å². The number of aliphatic hydroxyl groups is 1. The zero-order valence-electron chi connectivity index (χ0n) is 10.9. The topological polar surface area (TPSA) is 74.6 Å². The molecule has 2 atom stereocenters. The predicted molar refractivity (Wildman–Crippen MR) is 69.6 cm³/mol. The summed E-state index contributed by atoms with van der Waals surface area (Å²) in [5.41, 5.74) is 0. The molecule has 0 aromatic carbocycles. The van der Waals surface area contributed by atoms with Gasteiger partial charge in [-0.2, -0.15) is 8.42 Å². The van der Waals surface area contributed by atoms with E-state index in [4.69, 9.17) is 4.55 Å². The quantitative estimate of drug-likeness (QED) is 0.471. The Kier molecular flexibility index (Phi) is 8.82. The zero-order chi connectivity index (χ0) is 13.3. The fraction of sp³-hybridized carbons (Fsp3) is 1.00. The Bertz CT molecular complexity index is 274. The van der Waals surface area contributed by atoms with Crippen LogP contribution in [0.5, 0.6) is 0 Å². The minimum absolute atomic E-state index is 0.351. The monoisotopic (exact) mass is 266 g/mol. The summed E-state index contributed by atoms with van der Waals surface area (Å²) in [5.74, 6) is 0. The highest BCUT2D eigenvalue weighted by atomic mass is 32.2. The van der Waals surface area contributed by atoms with Crippen molar-refractivity contribution in [3.8, 4) is 0 Å². The smallest absolute Gasteiger partial charge is 0.270 e.